The number of hydrogen-bond acceptors (Lipinski definition) is 3. The van der Waals surface area contributed by atoms with Crippen LogP contribution >= 0.6 is 23.2 Å². The van der Waals surface area contributed by atoms with Gasteiger partial charge < -0.3 is 10.1 Å². The fourth-order valence-electron chi connectivity index (χ4n) is 1.34. The van der Waals surface area contributed by atoms with Crippen LogP contribution < -0.4 is 5.32 Å². The van der Waals surface area contributed by atoms with Gasteiger partial charge in [-0.3, -0.25) is 4.79 Å². The number of ether oxygens (including phenoxy) is 1. The van der Waals surface area contributed by atoms with Crippen LogP contribution in [0.1, 0.15) is 13.8 Å². The molecule has 6 heteroatoms. The number of carbonyl (C=O) groups is 2. The molecule has 0 heterocycles. The second-order valence-electron chi connectivity index (χ2n) is 4.08. The molecule has 0 aliphatic rings. The van der Waals surface area contributed by atoms with Crippen LogP contribution in [0.15, 0.2) is 42.5 Å². The lowest BCUT2D eigenvalue weighted by Crippen LogP contribution is -2.29. The van der Waals surface area contributed by atoms with E-state index in [0.717, 1.165) is 0 Å². The summed E-state index contributed by atoms with van der Waals surface area (Å²) in [6.07, 6.45) is 5.27. The molecule has 0 bridgehead atoms. The molecular weight excluding hydrogens is 313 g/mol. The Kier molecular flexibility index (Phi) is 6.99. The normalized spacial score (nSPS) is 12.6. The van der Waals surface area contributed by atoms with Crippen molar-refractivity contribution < 1.29 is 14.3 Å². The Morgan fingerprint density at radius 1 is 1.29 bits per heavy atom. The Bertz CT molecular complexity index is 582. The van der Waals surface area contributed by atoms with Gasteiger partial charge in [-0.1, -0.05) is 41.4 Å². The molecule has 1 aromatic rings. The molecule has 0 saturated heterocycles. The van der Waals surface area contributed by atoms with E-state index in [9.17, 15) is 9.59 Å². The molecule has 0 aliphatic carbocycles. The topological polar surface area (TPSA) is 55.4 Å². The lowest BCUT2D eigenvalue weighted by atomic mass is 10.3. The largest absolute Gasteiger partial charge is 0.449 e. The highest BCUT2D eigenvalue weighted by Gasteiger charge is 2.17. The molecule has 21 heavy (non-hydrogen) atoms. The minimum absolute atomic E-state index is 0.308. The summed E-state index contributed by atoms with van der Waals surface area (Å²) in [5, 5.41) is 3.34. The molecule has 0 unspecified atom stereocenters. The summed E-state index contributed by atoms with van der Waals surface area (Å²) in [5.41, 5.74) is 0.401. The van der Waals surface area contributed by atoms with E-state index in [1.807, 2.05) is 6.92 Å². The molecule has 0 radical (unpaired) electrons. The van der Waals surface area contributed by atoms with E-state index in [-0.39, 0.29) is 0 Å². The van der Waals surface area contributed by atoms with Crippen molar-refractivity contribution in [1.82, 2.24) is 0 Å². The van der Waals surface area contributed by atoms with E-state index < -0.39 is 18.0 Å². The highest BCUT2D eigenvalue weighted by Crippen LogP contribution is 2.25. The fourth-order valence-corrected chi connectivity index (χ4v) is 1.79. The Morgan fingerprint density at radius 2 is 2.00 bits per heavy atom. The second kappa shape index (κ2) is 8.49. The number of anilines is 1. The van der Waals surface area contributed by atoms with E-state index in [0.29, 0.717) is 15.7 Å². The third-order valence-electron chi connectivity index (χ3n) is 2.39. The van der Waals surface area contributed by atoms with Gasteiger partial charge in [-0.05, 0) is 32.0 Å². The van der Waals surface area contributed by atoms with E-state index in [4.69, 9.17) is 27.9 Å². The van der Waals surface area contributed by atoms with Crippen LogP contribution in [0, 0.1) is 0 Å². The number of hydrogen-bond donors (Lipinski definition) is 1. The van der Waals surface area contributed by atoms with Crippen molar-refractivity contribution in [3.8, 4) is 0 Å². The first-order valence-electron chi connectivity index (χ1n) is 6.20. The van der Waals surface area contributed by atoms with E-state index >= 15 is 0 Å². The van der Waals surface area contributed by atoms with Gasteiger partial charge in [0.05, 0.1) is 10.7 Å². The maximum atomic E-state index is 11.9. The van der Waals surface area contributed by atoms with Crippen LogP contribution in [-0.4, -0.2) is 18.0 Å². The van der Waals surface area contributed by atoms with Crippen LogP contribution in [0.5, 0.6) is 0 Å². The third-order valence-corrected chi connectivity index (χ3v) is 2.93. The standard InChI is InChI=1S/C15H15Cl2NO3/c1-3-4-5-6-14(19)21-10(2)15(20)18-13-8-7-11(16)9-12(13)17/h3-10H,1-2H3,(H,18,20)/b4-3+,6-5+/t10-/m0/s1. The Morgan fingerprint density at radius 3 is 2.62 bits per heavy atom. The highest BCUT2D eigenvalue weighted by molar-refractivity contribution is 6.36. The zero-order valence-electron chi connectivity index (χ0n) is 11.6. The molecule has 0 spiro atoms. The SMILES string of the molecule is C/C=C/C=C/C(=O)O[C@@H](C)C(=O)Nc1ccc(Cl)cc1Cl. The molecule has 112 valence electrons. The zero-order valence-corrected chi connectivity index (χ0v) is 13.1. The van der Waals surface area contributed by atoms with E-state index in [1.54, 1.807) is 24.3 Å². The summed E-state index contributed by atoms with van der Waals surface area (Å²) >= 11 is 11.7. The predicted octanol–water partition coefficient (Wildman–Crippen LogP) is 4.00. The molecule has 0 fully saturated rings. The van der Waals surface area contributed by atoms with Crippen LogP contribution in [-0.2, 0) is 14.3 Å². The summed E-state index contributed by atoms with van der Waals surface area (Å²) in [4.78, 5) is 23.3. The average Bonchev–Trinajstić information content (AvgIpc) is 2.42. The van der Waals surface area contributed by atoms with Gasteiger partial charge in [0.1, 0.15) is 0 Å². The van der Waals surface area contributed by atoms with Crippen molar-refractivity contribution >= 4 is 40.8 Å². The Hall–Kier alpha value is -1.78. The molecule has 0 aliphatic heterocycles. The number of amides is 1. The van der Waals surface area contributed by atoms with E-state index in [2.05, 4.69) is 5.32 Å². The summed E-state index contributed by atoms with van der Waals surface area (Å²) in [6, 6.07) is 4.68. The third kappa shape index (κ3) is 6.02. The van der Waals surface area contributed by atoms with Crippen LogP contribution in [0.2, 0.25) is 10.0 Å². The Balaban J connectivity index is 2.60. The van der Waals surface area contributed by atoms with Crippen LogP contribution in [0.25, 0.3) is 0 Å². The van der Waals surface area contributed by atoms with Crippen molar-refractivity contribution in [3.63, 3.8) is 0 Å². The maximum Gasteiger partial charge on any atom is 0.331 e. The van der Waals surface area contributed by atoms with Gasteiger partial charge in [0.2, 0.25) is 0 Å². The minimum atomic E-state index is -0.945. The molecule has 1 N–H and O–H groups in total. The molecule has 4 nitrogen and oxygen atoms in total. The number of rotatable bonds is 5. The van der Waals surface area contributed by atoms with Crippen molar-refractivity contribution in [2.75, 3.05) is 5.32 Å². The summed E-state index contributed by atoms with van der Waals surface area (Å²) in [6.45, 7) is 3.29. The molecule has 0 aromatic heterocycles. The number of nitrogens with one attached hydrogen (secondary N) is 1. The summed E-state index contributed by atoms with van der Waals surface area (Å²) in [5.74, 6) is -1.08. The number of halogens is 2. The zero-order chi connectivity index (χ0) is 15.8. The van der Waals surface area contributed by atoms with Crippen LogP contribution in [0.3, 0.4) is 0 Å². The lowest BCUT2D eigenvalue weighted by molar-refractivity contribution is -0.148. The van der Waals surface area contributed by atoms with Gasteiger partial charge in [-0.15, -0.1) is 0 Å². The van der Waals surface area contributed by atoms with Gasteiger partial charge in [0.25, 0.3) is 5.91 Å². The van der Waals surface area contributed by atoms with Crippen molar-refractivity contribution in [1.29, 1.82) is 0 Å². The number of benzene rings is 1. The molecule has 1 rings (SSSR count). The fraction of sp³-hybridized carbons (Fsp3) is 0.200. The van der Waals surface area contributed by atoms with Crippen molar-refractivity contribution in [2.24, 2.45) is 0 Å². The van der Waals surface area contributed by atoms with Crippen molar-refractivity contribution in [3.05, 3.63) is 52.5 Å². The predicted molar refractivity (Wildman–Crippen MR) is 84.6 cm³/mol. The first kappa shape index (κ1) is 17.3. The average molecular weight is 328 g/mol. The Labute approximate surface area is 133 Å². The van der Waals surface area contributed by atoms with Gasteiger partial charge in [0, 0.05) is 11.1 Å². The molecule has 1 amide bonds. The maximum absolute atomic E-state index is 11.9. The first-order chi connectivity index (χ1) is 9.93. The van der Waals surface area contributed by atoms with Gasteiger partial charge in [-0.2, -0.15) is 0 Å². The monoisotopic (exact) mass is 327 g/mol. The molecule has 1 aromatic carbocycles. The molecule has 0 saturated carbocycles. The quantitative estimate of drug-likeness (QED) is 0.505. The van der Waals surface area contributed by atoms with Crippen LogP contribution in [0.4, 0.5) is 5.69 Å². The lowest BCUT2D eigenvalue weighted by Gasteiger charge is -2.13. The number of esters is 1. The smallest absolute Gasteiger partial charge is 0.331 e. The summed E-state index contributed by atoms with van der Waals surface area (Å²) < 4.78 is 4.95. The number of allylic oxidation sites excluding steroid dienone is 3. The van der Waals surface area contributed by atoms with Crippen molar-refractivity contribution in [2.45, 2.75) is 20.0 Å². The summed E-state index contributed by atoms with van der Waals surface area (Å²) in [7, 11) is 0. The second-order valence-corrected chi connectivity index (χ2v) is 4.92. The first-order valence-corrected chi connectivity index (χ1v) is 6.95. The van der Waals surface area contributed by atoms with E-state index in [1.165, 1.54) is 25.1 Å². The van der Waals surface area contributed by atoms with Gasteiger partial charge in [-0.25, -0.2) is 4.79 Å². The minimum Gasteiger partial charge on any atom is -0.449 e. The molecular formula is C15H15Cl2NO3. The van der Waals surface area contributed by atoms with Gasteiger partial charge >= 0.3 is 5.97 Å². The molecule has 1 atom stereocenters. The highest BCUT2D eigenvalue weighted by atomic mass is 35.5. The van der Waals surface area contributed by atoms with Gasteiger partial charge in [0.15, 0.2) is 6.10 Å². The number of carbonyl (C=O) groups excluding carboxylic acids is 2.